The fourth-order valence-corrected chi connectivity index (χ4v) is 3.49. The second-order valence-corrected chi connectivity index (χ2v) is 6.61. The van der Waals surface area contributed by atoms with E-state index in [1.807, 2.05) is 32.2 Å². The zero-order valence-corrected chi connectivity index (χ0v) is 15.3. The summed E-state index contributed by atoms with van der Waals surface area (Å²) >= 11 is 0. The molecule has 1 aliphatic rings. The first kappa shape index (κ1) is 19.5. The molecule has 2 N–H and O–H groups in total. The Balaban J connectivity index is 2.13. The Morgan fingerprint density at radius 2 is 2.00 bits per heavy atom. The van der Waals surface area contributed by atoms with E-state index in [-0.39, 0.29) is 18.6 Å². The van der Waals surface area contributed by atoms with Crippen LogP contribution in [0.5, 0.6) is 0 Å². The van der Waals surface area contributed by atoms with Crippen molar-refractivity contribution in [2.45, 2.75) is 57.1 Å². The summed E-state index contributed by atoms with van der Waals surface area (Å²) in [6.07, 6.45) is 5.78. The summed E-state index contributed by atoms with van der Waals surface area (Å²) in [6.45, 7) is 2.04. The molecule has 0 bridgehead atoms. The fraction of sp³-hybridized carbons (Fsp3) is 0.571. The molecule has 0 saturated heterocycles. The molecule has 0 spiro atoms. The van der Waals surface area contributed by atoms with Gasteiger partial charge in [-0.15, -0.1) is 0 Å². The Bertz CT molecular complexity index is 595. The summed E-state index contributed by atoms with van der Waals surface area (Å²) in [5.41, 5.74) is -0.974. The number of benzene rings is 1. The molecule has 136 valence electrons. The Morgan fingerprint density at radius 1 is 1.32 bits per heavy atom. The summed E-state index contributed by atoms with van der Waals surface area (Å²) in [4.78, 5) is 12.8. The summed E-state index contributed by atoms with van der Waals surface area (Å²) < 4.78 is 5.36. The molecule has 1 aromatic rings. The van der Waals surface area contributed by atoms with Crippen LogP contribution in [0.3, 0.4) is 0 Å². The number of rotatable bonds is 6. The SMILES string of the molecule is CC[C@H](C#CCOC(=O)C(O)(c1ccccc1)C1CCCCC1)NC. The number of ether oxygens (including phenoxy) is 1. The van der Waals surface area contributed by atoms with Gasteiger partial charge in [0.25, 0.3) is 0 Å². The molecule has 0 aliphatic heterocycles. The zero-order chi connectivity index (χ0) is 18.1. The number of nitrogens with one attached hydrogen (secondary N) is 1. The Hall–Kier alpha value is -1.83. The molecule has 4 heteroatoms. The normalized spacial score (nSPS) is 18.5. The van der Waals surface area contributed by atoms with E-state index in [0.717, 1.165) is 38.5 Å². The maximum absolute atomic E-state index is 12.8. The molecular weight excluding hydrogens is 314 g/mol. The topological polar surface area (TPSA) is 58.6 Å². The molecule has 4 nitrogen and oxygen atoms in total. The van der Waals surface area contributed by atoms with Crippen molar-refractivity contribution in [1.29, 1.82) is 0 Å². The number of esters is 1. The minimum atomic E-state index is -1.59. The first-order valence-electron chi connectivity index (χ1n) is 9.23. The van der Waals surface area contributed by atoms with Gasteiger partial charge < -0.3 is 15.2 Å². The molecule has 1 saturated carbocycles. The highest BCUT2D eigenvalue weighted by atomic mass is 16.5. The molecule has 0 aromatic heterocycles. The number of hydrogen-bond donors (Lipinski definition) is 2. The summed E-state index contributed by atoms with van der Waals surface area (Å²) in [5, 5.41) is 14.4. The highest BCUT2D eigenvalue weighted by molar-refractivity contribution is 5.81. The second kappa shape index (κ2) is 9.60. The Labute approximate surface area is 151 Å². The van der Waals surface area contributed by atoms with E-state index >= 15 is 0 Å². The van der Waals surface area contributed by atoms with Crippen molar-refractivity contribution in [3.63, 3.8) is 0 Å². The van der Waals surface area contributed by atoms with Gasteiger partial charge in [0.15, 0.2) is 12.2 Å². The lowest BCUT2D eigenvalue weighted by molar-refractivity contribution is -0.174. The Morgan fingerprint density at radius 3 is 2.60 bits per heavy atom. The first-order valence-corrected chi connectivity index (χ1v) is 9.23. The van der Waals surface area contributed by atoms with Crippen LogP contribution in [0.15, 0.2) is 30.3 Å². The molecule has 2 atom stereocenters. The van der Waals surface area contributed by atoms with Crippen molar-refractivity contribution in [1.82, 2.24) is 5.32 Å². The van der Waals surface area contributed by atoms with Crippen molar-refractivity contribution in [3.05, 3.63) is 35.9 Å². The monoisotopic (exact) mass is 343 g/mol. The van der Waals surface area contributed by atoms with Gasteiger partial charge in [-0.1, -0.05) is 68.4 Å². The Kier molecular flexibility index (Phi) is 7.49. The van der Waals surface area contributed by atoms with E-state index in [0.29, 0.717) is 5.56 Å². The average Bonchev–Trinajstić information content (AvgIpc) is 2.68. The number of carbonyl (C=O) groups is 1. The zero-order valence-electron chi connectivity index (χ0n) is 15.3. The van der Waals surface area contributed by atoms with Crippen LogP contribution >= 0.6 is 0 Å². The summed E-state index contributed by atoms with van der Waals surface area (Å²) in [5.74, 6) is 5.21. The quantitative estimate of drug-likeness (QED) is 0.616. The van der Waals surface area contributed by atoms with Crippen LogP contribution in [-0.4, -0.2) is 30.8 Å². The lowest BCUT2D eigenvalue weighted by Crippen LogP contribution is -2.45. The molecule has 0 heterocycles. The van der Waals surface area contributed by atoms with Crippen LogP contribution in [0.2, 0.25) is 0 Å². The molecule has 1 aliphatic carbocycles. The van der Waals surface area contributed by atoms with Crippen LogP contribution in [0.25, 0.3) is 0 Å². The van der Waals surface area contributed by atoms with E-state index in [1.165, 1.54) is 0 Å². The fourth-order valence-electron chi connectivity index (χ4n) is 3.49. The van der Waals surface area contributed by atoms with Crippen molar-refractivity contribution >= 4 is 5.97 Å². The van der Waals surface area contributed by atoms with E-state index in [9.17, 15) is 9.90 Å². The lowest BCUT2D eigenvalue weighted by Gasteiger charge is -2.36. The molecule has 0 radical (unpaired) electrons. The highest BCUT2D eigenvalue weighted by Crippen LogP contribution is 2.40. The van der Waals surface area contributed by atoms with Gasteiger partial charge in [0, 0.05) is 5.92 Å². The summed E-state index contributed by atoms with van der Waals surface area (Å²) in [6, 6.07) is 9.25. The largest absolute Gasteiger partial charge is 0.450 e. The van der Waals surface area contributed by atoms with Gasteiger partial charge in [0.2, 0.25) is 0 Å². The molecular formula is C21H29NO3. The third-order valence-corrected chi connectivity index (χ3v) is 5.03. The van der Waals surface area contributed by atoms with E-state index in [2.05, 4.69) is 17.2 Å². The molecule has 0 amide bonds. The standard InChI is InChI=1S/C21H29NO3/c1-3-19(22-2)15-10-16-25-20(23)21(24,17-11-6-4-7-12-17)18-13-8-5-9-14-18/h4,6-7,11-12,18-19,22,24H,3,5,8-9,13-14,16H2,1-2H3/t19-,21?/m1/s1. The number of carbonyl (C=O) groups excluding carboxylic acids is 1. The van der Waals surface area contributed by atoms with Gasteiger partial charge in [0.1, 0.15) is 0 Å². The molecule has 1 fully saturated rings. The van der Waals surface area contributed by atoms with Crippen LogP contribution < -0.4 is 5.32 Å². The smallest absolute Gasteiger partial charge is 0.344 e. The van der Waals surface area contributed by atoms with Crippen LogP contribution in [0.1, 0.15) is 51.0 Å². The number of hydrogen-bond acceptors (Lipinski definition) is 4. The van der Waals surface area contributed by atoms with Gasteiger partial charge in [0.05, 0.1) is 6.04 Å². The molecule has 1 unspecified atom stereocenters. The van der Waals surface area contributed by atoms with Crippen molar-refractivity contribution in [2.24, 2.45) is 5.92 Å². The third-order valence-electron chi connectivity index (χ3n) is 5.03. The van der Waals surface area contributed by atoms with Crippen molar-refractivity contribution < 1.29 is 14.6 Å². The van der Waals surface area contributed by atoms with Gasteiger partial charge in [-0.3, -0.25) is 0 Å². The predicted octanol–water partition coefficient (Wildman–Crippen LogP) is 3.00. The predicted molar refractivity (Wildman–Crippen MR) is 98.8 cm³/mol. The van der Waals surface area contributed by atoms with Gasteiger partial charge in [-0.2, -0.15) is 0 Å². The van der Waals surface area contributed by atoms with Gasteiger partial charge in [-0.25, -0.2) is 4.79 Å². The van der Waals surface area contributed by atoms with Crippen molar-refractivity contribution in [2.75, 3.05) is 13.7 Å². The minimum Gasteiger partial charge on any atom is -0.450 e. The van der Waals surface area contributed by atoms with Crippen LogP contribution in [-0.2, 0) is 15.1 Å². The molecule has 2 rings (SSSR count). The summed E-state index contributed by atoms with van der Waals surface area (Å²) in [7, 11) is 1.85. The maximum atomic E-state index is 12.8. The highest BCUT2D eigenvalue weighted by Gasteiger charge is 2.46. The van der Waals surface area contributed by atoms with E-state index in [1.54, 1.807) is 12.1 Å². The van der Waals surface area contributed by atoms with Crippen LogP contribution in [0, 0.1) is 17.8 Å². The first-order chi connectivity index (χ1) is 12.1. The molecule has 1 aromatic carbocycles. The van der Waals surface area contributed by atoms with Crippen molar-refractivity contribution in [3.8, 4) is 11.8 Å². The second-order valence-electron chi connectivity index (χ2n) is 6.61. The van der Waals surface area contributed by atoms with E-state index in [4.69, 9.17) is 4.74 Å². The third kappa shape index (κ3) is 4.84. The molecule has 25 heavy (non-hydrogen) atoms. The van der Waals surface area contributed by atoms with E-state index < -0.39 is 11.6 Å². The maximum Gasteiger partial charge on any atom is 0.344 e. The number of aliphatic hydroxyl groups is 1. The average molecular weight is 343 g/mol. The lowest BCUT2D eigenvalue weighted by atomic mass is 9.73. The van der Waals surface area contributed by atoms with Crippen LogP contribution in [0.4, 0.5) is 0 Å². The van der Waals surface area contributed by atoms with Gasteiger partial charge >= 0.3 is 5.97 Å². The van der Waals surface area contributed by atoms with Gasteiger partial charge in [-0.05, 0) is 31.9 Å². The minimum absolute atomic E-state index is 0.00111.